The maximum atomic E-state index is 12.5. The van der Waals surface area contributed by atoms with Crippen molar-refractivity contribution in [3.63, 3.8) is 0 Å². The number of alkyl halides is 2. The van der Waals surface area contributed by atoms with E-state index in [1.54, 1.807) is 24.3 Å². The van der Waals surface area contributed by atoms with Crippen LogP contribution in [0.5, 0.6) is 5.75 Å². The number of hydrogen-bond donors (Lipinski definition) is 1. The molecule has 0 bridgehead atoms. The fraction of sp³-hybridized carbons (Fsp3) is 0.333. The van der Waals surface area contributed by atoms with Crippen LogP contribution < -0.4 is 15.0 Å². The summed E-state index contributed by atoms with van der Waals surface area (Å²) in [5.74, 6) is 0.758. The molecule has 122 valence electrons. The molecule has 0 radical (unpaired) electrons. The molecule has 1 saturated heterocycles. The number of ether oxygens (including phenoxy) is 1. The molecule has 1 N–H and O–H groups in total. The first-order valence-corrected chi connectivity index (χ1v) is 7.52. The Kier molecular flexibility index (Phi) is 4.76. The van der Waals surface area contributed by atoms with E-state index in [2.05, 4.69) is 20.0 Å². The highest BCUT2D eigenvalue weighted by atomic mass is 35.5. The van der Waals surface area contributed by atoms with Gasteiger partial charge in [0.2, 0.25) is 0 Å². The van der Waals surface area contributed by atoms with Crippen LogP contribution in [0.25, 0.3) is 0 Å². The molecule has 1 fully saturated rings. The van der Waals surface area contributed by atoms with Gasteiger partial charge in [-0.25, -0.2) is 9.97 Å². The predicted molar refractivity (Wildman–Crippen MR) is 84.4 cm³/mol. The number of nitrogens with zero attached hydrogens (tertiary/aromatic N) is 3. The van der Waals surface area contributed by atoms with Crippen molar-refractivity contribution in [3.8, 4) is 5.75 Å². The number of halogens is 3. The molecular formula is C15H15ClF2N4O. The standard InChI is InChI=1S/C15H15ClF2N4O/c16-11-7-19-9-20-14(11)21-10-5-6-22(8-10)12-3-1-2-4-13(12)23-15(17)18/h1-4,7,9-10,15H,5-6,8H2,(H,19,20,21). The first-order valence-electron chi connectivity index (χ1n) is 7.14. The molecule has 2 heterocycles. The van der Waals surface area contributed by atoms with Gasteiger partial charge in [-0.05, 0) is 18.6 Å². The Hall–Kier alpha value is -2.15. The highest BCUT2D eigenvalue weighted by Gasteiger charge is 2.26. The zero-order valence-corrected chi connectivity index (χ0v) is 12.9. The Labute approximate surface area is 137 Å². The molecule has 2 aromatic rings. The van der Waals surface area contributed by atoms with Gasteiger partial charge < -0.3 is 15.0 Å². The van der Waals surface area contributed by atoms with E-state index in [1.807, 2.05) is 4.90 Å². The molecule has 1 aliphatic heterocycles. The van der Waals surface area contributed by atoms with E-state index in [9.17, 15) is 8.78 Å². The van der Waals surface area contributed by atoms with Gasteiger partial charge in [-0.15, -0.1) is 0 Å². The number of rotatable bonds is 5. The molecule has 0 aliphatic carbocycles. The highest BCUT2D eigenvalue weighted by Crippen LogP contribution is 2.32. The second-order valence-electron chi connectivity index (χ2n) is 5.14. The summed E-state index contributed by atoms with van der Waals surface area (Å²) in [4.78, 5) is 9.94. The average Bonchev–Trinajstić information content (AvgIpc) is 2.98. The summed E-state index contributed by atoms with van der Waals surface area (Å²) in [5, 5.41) is 3.71. The van der Waals surface area contributed by atoms with Crippen LogP contribution in [0.1, 0.15) is 6.42 Å². The average molecular weight is 341 g/mol. The molecule has 1 unspecified atom stereocenters. The molecule has 0 amide bonds. The van der Waals surface area contributed by atoms with Crippen LogP contribution in [0, 0.1) is 0 Å². The second kappa shape index (κ2) is 6.95. The molecule has 8 heteroatoms. The lowest BCUT2D eigenvalue weighted by molar-refractivity contribution is -0.0495. The van der Waals surface area contributed by atoms with Crippen LogP contribution in [0.15, 0.2) is 36.8 Å². The molecule has 1 aromatic heterocycles. The Bertz CT molecular complexity index is 673. The third-order valence-electron chi connectivity index (χ3n) is 3.62. The molecular weight excluding hydrogens is 326 g/mol. The number of aromatic nitrogens is 2. The van der Waals surface area contributed by atoms with Gasteiger partial charge in [0.05, 0.1) is 11.9 Å². The minimum atomic E-state index is -2.84. The largest absolute Gasteiger partial charge is 0.433 e. The minimum absolute atomic E-state index is 0.113. The van der Waals surface area contributed by atoms with Crippen LogP contribution in [0.3, 0.4) is 0 Å². The Morgan fingerprint density at radius 2 is 2.17 bits per heavy atom. The molecule has 1 aliphatic rings. The minimum Gasteiger partial charge on any atom is -0.433 e. The van der Waals surface area contributed by atoms with E-state index in [4.69, 9.17) is 11.6 Å². The first kappa shape index (κ1) is 15.7. The van der Waals surface area contributed by atoms with E-state index < -0.39 is 6.61 Å². The smallest absolute Gasteiger partial charge is 0.387 e. The van der Waals surface area contributed by atoms with Crippen molar-refractivity contribution >= 4 is 23.1 Å². The fourth-order valence-corrected chi connectivity index (χ4v) is 2.78. The van der Waals surface area contributed by atoms with Crippen LogP contribution in [0.2, 0.25) is 5.02 Å². The van der Waals surface area contributed by atoms with Gasteiger partial charge in [-0.1, -0.05) is 23.7 Å². The molecule has 5 nitrogen and oxygen atoms in total. The van der Waals surface area contributed by atoms with Gasteiger partial charge in [-0.3, -0.25) is 0 Å². The molecule has 3 rings (SSSR count). The summed E-state index contributed by atoms with van der Waals surface area (Å²) in [6.45, 7) is -1.47. The fourth-order valence-electron chi connectivity index (χ4n) is 2.62. The maximum absolute atomic E-state index is 12.5. The summed E-state index contributed by atoms with van der Waals surface area (Å²) < 4.78 is 29.6. The summed E-state index contributed by atoms with van der Waals surface area (Å²) in [6.07, 6.45) is 3.78. The second-order valence-corrected chi connectivity index (χ2v) is 5.55. The quantitative estimate of drug-likeness (QED) is 0.903. The van der Waals surface area contributed by atoms with Crippen molar-refractivity contribution in [3.05, 3.63) is 41.8 Å². The number of hydrogen-bond acceptors (Lipinski definition) is 5. The molecule has 0 spiro atoms. The predicted octanol–water partition coefficient (Wildman–Crippen LogP) is 3.42. The van der Waals surface area contributed by atoms with Gasteiger partial charge in [0.15, 0.2) is 0 Å². The lowest BCUT2D eigenvalue weighted by atomic mass is 10.2. The third kappa shape index (κ3) is 3.79. The molecule has 1 atom stereocenters. The zero-order chi connectivity index (χ0) is 16.2. The van der Waals surface area contributed by atoms with Crippen molar-refractivity contribution in [1.82, 2.24) is 9.97 Å². The summed E-state index contributed by atoms with van der Waals surface area (Å²) in [7, 11) is 0. The summed E-state index contributed by atoms with van der Waals surface area (Å²) in [6, 6.07) is 6.91. The van der Waals surface area contributed by atoms with Crippen molar-refractivity contribution in [2.75, 3.05) is 23.3 Å². The van der Waals surface area contributed by atoms with E-state index in [0.717, 1.165) is 13.0 Å². The topological polar surface area (TPSA) is 50.3 Å². The number of benzene rings is 1. The maximum Gasteiger partial charge on any atom is 0.387 e. The normalized spacial score (nSPS) is 17.6. The monoisotopic (exact) mass is 340 g/mol. The lowest BCUT2D eigenvalue weighted by Crippen LogP contribution is -2.27. The molecule has 0 saturated carbocycles. The van der Waals surface area contributed by atoms with Gasteiger partial charge >= 0.3 is 6.61 Å². The van der Waals surface area contributed by atoms with Crippen molar-refractivity contribution in [2.45, 2.75) is 19.1 Å². The van der Waals surface area contributed by atoms with Crippen molar-refractivity contribution in [1.29, 1.82) is 0 Å². The van der Waals surface area contributed by atoms with E-state index >= 15 is 0 Å². The van der Waals surface area contributed by atoms with E-state index in [-0.39, 0.29) is 11.8 Å². The van der Waals surface area contributed by atoms with Crippen LogP contribution in [-0.4, -0.2) is 35.7 Å². The Morgan fingerprint density at radius 3 is 2.96 bits per heavy atom. The van der Waals surface area contributed by atoms with Crippen LogP contribution in [0.4, 0.5) is 20.3 Å². The Morgan fingerprint density at radius 1 is 1.35 bits per heavy atom. The van der Waals surface area contributed by atoms with Gasteiger partial charge in [0, 0.05) is 19.1 Å². The third-order valence-corrected chi connectivity index (χ3v) is 3.90. The Balaban J connectivity index is 1.69. The van der Waals surface area contributed by atoms with Gasteiger partial charge in [0.1, 0.15) is 22.9 Å². The first-order chi connectivity index (χ1) is 11.1. The number of para-hydroxylation sites is 2. The van der Waals surface area contributed by atoms with E-state index in [0.29, 0.717) is 23.1 Å². The SMILES string of the molecule is FC(F)Oc1ccccc1N1CCC(Nc2ncncc2Cl)C1. The molecule has 1 aromatic carbocycles. The number of anilines is 2. The van der Waals surface area contributed by atoms with Crippen molar-refractivity contribution < 1.29 is 13.5 Å². The zero-order valence-electron chi connectivity index (χ0n) is 12.1. The van der Waals surface area contributed by atoms with Gasteiger partial charge in [0.25, 0.3) is 0 Å². The lowest BCUT2D eigenvalue weighted by Gasteiger charge is -2.22. The summed E-state index contributed by atoms with van der Waals surface area (Å²) in [5.41, 5.74) is 0.658. The van der Waals surface area contributed by atoms with Crippen LogP contribution >= 0.6 is 11.6 Å². The summed E-state index contributed by atoms with van der Waals surface area (Å²) >= 11 is 6.03. The van der Waals surface area contributed by atoms with Crippen LogP contribution in [-0.2, 0) is 0 Å². The van der Waals surface area contributed by atoms with Crippen molar-refractivity contribution in [2.24, 2.45) is 0 Å². The highest BCUT2D eigenvalue weighted by molar-refractivity contribution is 6.32. The molecule has 23 heavy (non-hydrogen) atoms. The number of nitrogens with one attached hydrogen (secondary N) is 1. The van der Waals surface area contributed by atoms with E-state index in [1.165, 1.54) is 12.5 Å². The van der Waals surface area contributed by atoms with Gasteiger partial charge in [-0.2, -0.15) is 8.78 Å².